The van der Waals surface area contributed by atoms with Crippen molar-refractivity contribution in [2.45, 2.75) is 18.8 Å². The van der Waals surface area contributed by atoms with Crippen LogP contribution in [0, 0.1) is 17.5 Å². The SMILES string of the molecule is O=C(Cc1cc(F)c(F)c(F)c1)NC(Cc1coc2ccccc12)B(O)O. The second kappa shape index (κ2) is 7.85. The number of benzene rings is 2. The van der Waals surface area contributed by atoms with Crippen LogP contribution in [-0.4, -0.2) is 29.0 Å². The molecule has 0 saturated carbocycles. The number of fused-ring (bicyclic) bond motifs is 1. The van der Waals surface area contributed by atoms with E-state index in [0.717, 1.165) is 5.39 Å². The molecule has 1 heterocycles. The molecular formula is C18H15BF3NO4. The predicted molar refractivity (Wildman–Crippen MR) is 92.1 cm³/mol. The van der Waals surface area contributed by atoms with Gasteiger partial charge in [-0.2, -0.15) is 0 Å². The summed E-state index contributed by atoms with van der Waals surface area (Å²) in [5, 5.41) is 22.3. The lowest BCUT2D eigenvalue weighted by Crippen LogP contribution is -2.48. The zero-order valence-corrected chi connectivity index (χ0v) is 14.0. The molecular weight excluding hydrogens is 362 g/mol. The van der Waals surface area contributed by atoms with Crippen molar-refractivity contribution in [3.63, 3.8) is 0 Å². The van der Waals surface area contributed by atoms with E-state index in [-0.39, 0.29) is 12.0 Å². The minimum Gasteiger partial charge on any atom is -0.464 e. The quantitative estimate of drug-likeness (QED) is 0.454. The van der Waals surface area contributed by atoms with Gasteiger partial charge in [0.25, 0.3) is 0 Å². The van der Waals surface area contributed by atoms with Gasteiger partial charge in [0.1, 0.15) is 5.58 Å². The molecule has 0 aliphatic heterocycles. The van der Waals surface area contributed by atoms with E-state index in [2.05, 4.69) is 5.32 Å². The molecule has 0 spiro atoms. The van der Waals surface area contributed by atoms with Gasteiger partial charge in [0, 0.05) is 5.39 Å². The van der Waals surface area contributed by atoms with Crippen LogP contribution >= 0.6 is 0 Å². The van der Waals surface area contributed by atoms with E-state index >= 15 is 0 Å². The molecule has 3 N–H and O–H groups in total. The summed E-state index contributed by atoms with van der Waals surface area (Å²) in [5.74, 6) is -6.20. The number of hydrogen-bond acceptors (Lipinski definition) is 4. The number of hydrogen-bond donors (Lipinski definition) is 3. The summed E-state index contributed by atoms with van der Waals surface area (Å²) in [6.07, 6.45) is 1.06. The van der Waals surface area contributed by atoms with Crippen LogP contribution < -0.4 is 5.32 Å². The molecule has 1 aromatic heterocycles. The van der Waals surface area contributed by atoms with Crippen molar-refractivity contribution in [1.29, 1.82) is 0 Å². The lowest BCUT2D eigenvalue weighted by atomic mass is 9.75. The van der Waals surface area contributed by atoms with Crippen LogP contribution in [0.4, 0.5) is 13.2 Å². The first-order chi connectivity index (χ1) is 12.8. The zero-order valence-electron chi connectivity index (χ0n) is 14.0. The third-order valence-electron chi connectivity index (χ3n) is 4.12. The standard InChI is InChI=1S/C18H15BF3NO4/c20-13-5-10(6-14(21)18(13)22)7-17(24)23-16(19(25)26)8-11-9-27-15-4-2-1-3-12(11)15/h1-6,9,16,25-26H,7-8H2,(H,23,24). The van der Waals surface area contributed by atoms with Gasteiger partial charge in [0.2, 0.25) is 5.91 Å². The van der Waals surface area contributed by atoms with Crippen LogP contribution in [0.25, 0.3) is 11.0 Å². The van der Waals surface area contributed by atoms with Crippen molar-refractivity contribution in [1.82, 2.24) is 5.32 Å². The fourth-order valence-electron chi connectivity index (χ4n) is 2.81. The third-order valence-corrected chi connectivity index (χ3v) is 4.12. The molecule has 0 fully saturated rings. The van der Waals surface area contributed by atoms with Gasteiger partial charge in [0.15, 0.2) is 17.5 Å². The number of amides is 1. The highest BCUT2D eigenvalue weighted by molar-refractivity contribution is 6.43. The maximum atomic E-state index is 13.2. The Kier molecular flexibility index (Phi) is 5.52. The highest BCUT2D eigenvalue weighted by Crippen LogP contribution is 2.22. The Balaban J connectivity index is 1.71. The summed E-state index contributed by atoms with van der Waals surface area (Å²) >= 11 is 0. The Bertz CT molecular complexity index is 953. The number of rotatable bonds is 6. The molecule has 9 heteroatoms. The number of carbonyl (C=O) groups is 1. The predicted octanol–water partition coefficient (Wildman–Crippen LogP) is 2.13. The highest BCUT2D eigenvalue weighted by atomic mass is 19.2. The highest BCUT2D eigenvalue weighted by Gasteiger charge is 2.27. The third kappa shape index (κ3) is 4.32. The van der Waals surface area contributed by atoms with Crippen LogP contribution in [0.1, 0.15) is 11.1 Å². The second-order valence-corrected chi connectivity index (χ2v) is 6.10. The van der Waals surface area contributed by atoms with Gasteiger partial charge in [0.05, 0.1) is 18.6 Å². The van der Waals surface area contributed by atoms with E-state index in [1.165, 1.54) is 6.26 Å². The molecule has 0 aliphatic carbocycles. The fourth-order valence-corrected chi connectivity index (χ4v) is 2.81. The van der Waals surface area contributed by atoms with Crippen molar-refractivity contribution < 1.29 is 32.4 Å². The number of furan rings is 1. The van der Waals surface area contributed by atoms with Crippen molar-refractivity contribution in [2.24, 2.45) is 0 Å². The van der Waals surface area contributed by atoms with Gasteiger partial charge in [-0.1, -0.05) is 18.2 Å². The van der Waals surface area contributed by atoms with E-state index in [0.29, 0.717) is 23.3 Å². The molecule has 1 atom stereocenters. The molecule has 5 nitrogen and oxygen atoms in total. The Labute approximate surface area is 152 Å². The summed E-state index contributed by atoms with van der Waals surface area (Å²) in [6.45, 7) is 0. The van der Waals surface area contributed by atoms with Gasteiger partial charge in [-0.3, -0.25) is 4.79 Å². The van der Waals surface area contributed by atoms with E-state index in [1.807, 2.05) is 0 Å². The second-order valence-electron chi connectivity index (χ2n) is 6.10. The maximum Gasteiger partial charge on any atom is 0.475 e. The lowest BCUT2D eigenvalue weighted by Gasteiger charge is -2.17. The average molecular weight is 377 g/mol. The number of para-hydroxylation sites is 1. The van der Waals surface area contributed by atoms with Crippen LogP contribution in [-0.2, 0) is 17.6 Å². The summed E-state index contributed by atoms with van der Waals surface area (Å²) in [6, 6.07) is 8.55. The van der Waals surface area contributed by atoms with Crippen LogP contribution in [0.2, 0.25) is 0 Å². The first kappa shape index (κ1) is 19.0. The summed E-state index contributed by atoms with van der Waals surface area (Å²) in [7, 11) is -1.87. The number of carbonyl (C=O) groups excluding carboxylic acids is 1. The molecule has 0 bridgehead atoms. The van der Waals surface area contributed by atoms with Gasteiger partial charge in [-0.05, 0) is 35.7 Å². The summed E-state index contributed by atoms with van der Waals surface area (Å²) in [5.41, 5.74) is 1.19. The fraction of sp³-hybridized carbons (Fsp3) is 0.167. The Morgan fingerprint density at radius 2 is 1.81 bits per heavy atom. The van der Waals surface area contributed by atoms with Crippen molar-refractivity contribution >= 4 is 24.0 Å². The molecule has 3 aromatic rings. The van der Waals surface area contributed by atoms with Crippen LogP contribution in [0.15, 0.2) is 47.1 Å². The van der Waals surface area contributed by atoms with Crippen molar-refractivity contribution in [3.05, 3.63) is 71.2 Å². The van der Waals surface area contributed by atoms with E-state index in [4.69, 9.17) is 4.42 Å². The largest absolute Gasteiger partial charge is 0.475 e. The Morgan fingerprint density at radius 3 is 2.48 bits per heavy atom. The van der Waals surface area contributed by atoms with E-state index in [9.17, 15) is 28.0 Å². The maximum absolute atomic E-state index is 13.2. The first-order valence-corrected chi connectivity index (χ1v) is 8.09. The molecule has 1 amide bonds. The van der Waals surface area contributed by atoms with E-state index < -0.39 is 42.8 Å². The first-order valence-electron chi connectivity index (χ1n) is 8.09. The zero-order chi connectivity index (χ0) is 19.6. The van der Waals surface area contributed by atoms with Gasteiger partial charge in [-0.15, -0.1) is 0 Å². The lowest BCUT2D eigenvalue weighted by molar-refractivity contribution is -0.120. The normalized spacial score (nSPS) is 12.2. The molecule has 3 rings (SSSR count). The summed E-state index contributed by atoms with van der Waals surface area (Å²) < 4.78 is 44.8. The van der Waals surface area contributed by atoms with Gasteiger partial charge in [-0.25, -0.2) is 13.2 Å². The molecule has 0 saturated heterocycles. The average Bonchev–Trinajstić information content (AvgIpc) is 3.02. The molecule has 0 aliphatic rings. The van der Waals surface area contributed by atoms with E-state index in [1.54, 1.807) is 24.3 Å². The minimum atomic E-state index is -1.87. The summed E-state index contributed by atoms with van der Waals surface area (Å²) in [4.78, 5) is 12.1. The molecule has 0 radical (unpaired) electrons. The number of nitrogens with one attached hydrogen (secondary N) is 1. The monoisotopic (exact) mass is 377 g/mol. The molecule has 2 aromatic carbocycles. The van der Waals surface area contributed by atoms with Crippen LogP contribution in [0.3, 0.4) is 0 Å². The number of halogens is 3. The smallest absolute Gasteiger partial charge is 0.464 e. The molecule has 140 valence electrons. The van der Waals surface area contributed by atoms with Gasteiger partial charge < -0.3 is 19.8 Å². The van der Waals surface area contributed by atoms with Crippen LogP contribution in [0.5, 0.6) is 0 Å². The molecule has 1 unspecified atom stereocenters. The topological polar surface area (TPSA) is 82.7 Å². The van der Waals surface area contributed by atoms with Crippen molar-refractivity contribution in [3.8, 4) is 0 Å². The Hall–Kier alpha value is -2.78. The minimum absolute atomic E-state index is 0.0621. The van der Waals surface area contributed by atoms with Crippen molar-refractivity contribution in [2.75, 3.05) is 0 Å². The van der Waals surface area contributed by atoms with Gasteiger partial charge >= 0.3 is 7.12 Å². The Morgan fingerprint density at radius 1 is 1.15 bits per heavy atom. The molecule has 27 heavy (non-hydrogen) atoms.